The summed E-state index contributed by atoms with van der Waals surface area (Å²) in [5.41, 5.74) is 5.21. The third-order valence-corrected chi connectivity index (χ3v) is 5.56. The maximum atomic E-state index is 12.7. The van der Waals surface area contributed by atoms with E-state index in [0.717, 1.165) is 40.0 Å². The van der Waals surface area contributed by atoms with E-state index in [2.05, 4.69) is 29.2 Å². The number of aryl methyl sites for hydroxylation is 2. The Morgan fingerprint density at radius 1 is 1.03 bits per heavy atom. The Hall–Kier alpha value is -3.34. The van der Waals surface area contributed by atoms with Crippen molar-refractivity contribution in [3.05, 3.63) is 76.8 Å². The number of imidazole rings is 1. The summed E-state index contributed by atoms with van der Waals surface area (Å²) >= 11 is 0. The zero-order valence-electron chi connectivity index (χ0n) is 16.6. The minimum absolute atomic E-state index is 0.0616. The van der Waals surface area contributed by atoms with E-state index >= 15 is 0 Å². The minimum atomic E-state index is 0.0616. The van der Waals surface area contributed by atoms with Gasteiger partial charge in [-0.2, -0.15) is 0 Å². The van der Waals surface area contributed by atoms with Crippen molar-refractivity contribution in [3.63, 3.8) is 0 Å². The largest absolute Gasteiger partial charge is 0.439 e. The van der Waals surface area contributed by atoms with Gasteiger partial charge in [0, 0.05) is 25.9 Å². The van der Waals surface area contributed by atoms with Crippen molar-refractivity contribution in [1.29, 1.82) is 0 Å². The third kappa shape index (κ3) is 3.44. The minimum Gasteiger partial charge on any atom is -0.439 e. The topological polar surface area (TPSA) is 49.0 Å². The van der Waals surface area contributed by atoms with Crippen LogP contribution < -0.4 is 10.4 Å². The molecule has 0 atom stereocenters. The summed E-state index contributed by atoms with van der Waals surface area (Å²) in [5, 5.41) is 0. The van der Waals surface area contributed by atoms with Gasteiger partial charge in [-0.3, -0.25) is 9.13 Å². The first-order chi connectivity index (χ1) is 14.1. The number of fused-ring (bicyclic) bond motifs is 1. The molecule has 1 saturated carbocycles. The lowest BCUT2D eigenvalue weighted by Crippen LogP contribution is -2.22. The van der Waals surface area contributed by atoms with Crippen molar-refractivity contribution < 1.29 is 4.74 Å². The van der Waals surface area contributed by atoms with Gasteiger partial charge in [0.2, 0.25) is 5.88 Å². The third-order valence-electron chi connectivity index (χ3n) is 5.56. The van der Waals surface area contributed by atoms with Gasteiger partial charge in [-0.05, 0) is 66.6 Å². The molecule has 0 aliphatic heterocycles. The van der Waals surface area contributed by atoms with E-state index in [-0.39, 0.29) is 5.69 Å². The number of nitrogens with zero attached hydrogens (tertiary/aromatic N) is 3. The summed E-state index contributed by atoms with van der Waals surface area (Å²) in [5.74, 6) is 1.96. The Labute approximate surface area is 169 Å². The number of rotatable bonds is 5. The molecular formula is C24H23N3O2. The van der Waals surface area contributed by atoms with Crippen molar-refractivity contribution in [2.45, 2.75) is 26.3 Å². The van der Waals surface area contributed by atoms with E-state index in [1.807, 2.05) is 48.9 Å². The first kappa shape index (κ1) is 17.7. The van der Waals surface area contributed by atoms with Gasteiger partial charge < -0.3 is 4.74 Å². The van der Waals surface area contributed by atoms with Crippen molar-refractivity contribution >= 4 is 11.0 Å². The summed E-state index contributed by atoms with van der Waals surface area (Å²) in [6, 6.07) is 18.0. The lowest BCUT2D eigenvalue weighted by atomic mass is 10.0. The molecule has 0 bridgehead atoms. The highest BCUT2D eigenvalue weighted by atomic mass is 16.5. The molecule has 4 aromatic rings. The summed E-state index contributed by atoms with van der Waals surface area (Å²) in [6.45, 7) is 2.82. The summed E-state index contributed by atoms with van der Waals surface area (Å²) < 4.78 is 9.57. The summed E-state index contributed by atoms with van der Waals surface area (Å²) in [6.07, 6.45) is 4.24. The predicted molar refractivity (Wildman–Crippen MR) is 114 cm³/mol. The molecule has 1 fully saturated rings. The first-order valence-corrected chi connectivity index (χ1v) is 9.99. The van der Waals surface area contributed by atoms with E-state index in [0.29, 0.717) is 11.8 Å². The number of hydrogen-bond donors (Lipinski definition) is 0. The van der Waals surface area contributed by atoms with E-state index < -0.39 is 0 Å². The van der Waals surface area contributed by atoms with Crippen LogP contribution in [-0.2, 0) is 13.6 Å². The van der Waals surface area contributed by atoms with E-state index in [1.54, 1.807) is 10.8 Å². The second kappa shape index (κ2) is 6.92. The highest BCUT2D eigenvalue weighted by Gasteiger charge is 2.24. The monoisotopic (exact) mass is 385 g/mol. The zero-order chi connectivity index (χ0) is 20.0. The maximum Gasteiger partial charge on any atom is 0.328 e. The molecule has 0 unspecified atom stereocenters. The van der Waals surface area contributed by atoms with Gasteiger partial charge in [-0.1, -0.05) is 24.3 Å². The second-order valence-electron chi connectivity index (χ2n) is 7.90. The number of pyridine rings is 1. The molecule has 2 aromatic carbocycles. The maximum absolute atomic E-state index is 12.7. The van der Waals surface area contributed by atoms with Gasteiger partial charge in [-0.15, -0.1) is 0 Å². The predicted octanol–water partition coefficient (Wildman–Crippen LogP) is 4.91. The van der Waals surface area contributed by atoms with Crippen molar-refractivity contribution in [3.8, 4) is 22.8 Å². The number of aromatic nitrogens is 3. The van der Waals surface area contributed by atoms with Gasteiger partial charge in [-0.25, -0.2) is 9.78 Å². The summed E-state index contributed by atoms with van der Waals surface area (Å²) in [4.78, 5) is 17.0. The average molecular weight is 385 g/mol. The van der Waals surface area contributed by atoms with E-state index in [4.69, 9.17) is 4.74 Å². The molecule has 146 valence electrons. The van der Waals surface area contributed by atoms with Gasteiger partial charge >= 0.3 is 5.69 Å². The van der Waals surface area contributed by atoms with Crippen molar-refractivity contribution in [1.82, 2.24) is 14.1 Å². The standard InChI is InChI=1S/C24H23N3O2/c1-16-6-11-23(25-14-16)29-20-5-3-4-18(12-20)19-9-10-21-22(13-19)26(2)24(28)27(21)15-17-7-8-17/h3-6,9-14,17H,7-8,15H2,1-2H3. The molecule has 5 heteroatoms. The number of ether oxygens (including phenoxy) is 1. The Morgan fingerprint density at radius 2 is 1.86 bits per heavy atom. The molecular weight excluding hydrogens is 362 g/mol. The van der Waals surface area contributed by atoms with Crippen LogP contribution in [0.25, 0.3) is 22.2 Å². The molecule has 1 aliphatic rings. The van der Waals surface area contributed by atoms with E-state index in [1.165, 1.54) is 12.8 Å². The van der Waals surface area contributed by atoms with Crippen LogP contribution in [0.2, 0.25) is 0 Å². The number of hydrogen-bond acceptors (Lipinski definition) is 3. The number of benzene rings is 2. The summed E-state index contributed by atoms with van der Waals surface area (Å²) in [7, 11) is 1.85. The molecule has 2 heterocycles. The fourth-order valence-corrected chi connectivity index (χ4v) is 3.70. The van der Waals surface area contributed by atoms with E-state index in [9.17, 15) is 4.79 Å². The molecule has 0 spiro atoms. The molecule has 5 rings (SSSR count). The Balaban J connectivity index is 1.49. The van der Waals surface area contributed by atoms with Crippen molar-refractivity contribution in [2.75, 3.05) is 0 Å². The Kier molecular flexibility index (Phi) is 4.23. The SMILES string of the molecule is Cc1ccc(Oc2cccc(-c3ccc4c(c3)n(C)c(=O)n4CC3CC3)c2)nc1. The molecule has 1 aliphatic carbocycles. The molecule has 2 aromatic heterocycles. The second-order valence-corrected chi connectivity index (χ2v) is 7.90. The lowest BCUT2D eigenvalue weighted by molar-refractivity contribution is 0.463. The van der Waals surface area contributed by atoms with Crippen LogP contribution in [0.5, 0.6) is 11.6 Å². The quantitative estimate of drug-likeness (QED) is 0.490. The van der Waals surface area contributed by atoms with Crippen molar-refractivity contribution in [2.24, 2.45) is 13.0 Å². The lowest BCUT2D eigenvalue weighted by Gasteiger charge is -2.08. The van der Waals surface area contributed by atoms with Crippen LogP contribution in [0.15, 0.2) is 65.6 Å². The van der Waals surface area contributed by atoms with Crippen LogP contribution in [0.4, 0.5) is 0 Å². The highest BCUT2D eigenvalue weighted by molar-refractivity contribution is 5.83. The normalized spacial score (nSPS) is 13.7. The fraction of sp³-hybridized carbons (Fsp3) is 0.250. The van der Waals surface area contributed by atoms with Gasteiger partial charge in [0.1, 0.15) is 5.75 Å². The van der Waals surface area contributed by atoms with Gasteiger partial charge in [0.05, 0.1) is 11.0 Å². The Morgan fingerprint density at radius 3 is 2.62 bits per heavy atom. The van der Waals surface area contributed by atoms with Crippen LogP contribution in [0.3, 0.4) is 0 Å². The fourth-order valence-electron chi connectivity index (χ4n) is 3.70. The van der Waals surface area contributed by atoms with Gasteiger partial charge in [0.15, 0.2) is 0 Å². The molecule has 5 nitrogen and oxygen atoms in total. The van der Waals surface area contributed by atoms with Gasteiger partial charge in [0.25, 0.3) is 0 Å². The molecule has 0 amide bonds. The highest BCUT2D eigenvalue weighted by Crippen LogP contribution is 2.32. The Bertz CT molecular complexity index is 1250. The van der Waals surface area contributed by atoms with Crippen LogP contribution >= 0.6 is 0 Å². The average Bonchev–Trinajstić information content (AvgIpc) is 3.53. The molecule has 0 saturated heterocycles. The van der Waals surface area contributed by atoms with Crippen LogP contribution in [0.1, 0.15) is 18.4 Å². The first-order valence-electron chi connectivity index (χ1n) is 9.99. The van der Waals surface area contributed by atoms with Crippen LogP contribution in [0, 0.1) is 12.8 Å². The van der Waals surface area contributed by atoms with Crippen LogP contribution in [-0.4, -0.2) is 14.1 Å². The molecule has 29 heavy (non-hydrogen) atoms. The smallest absolute Gasteiger partial charge is 0.328 e. The zero-order valence-corrected chi connectivity index (χ0v) is 16.6. The molecule has 0 N–H and O–H groups in total. The molecule has 0 radical (unpaired) electrons.